The molecule has 5 rings (SSSR count). The van der Waals surface area contributed by atoms with Crippen LogP contribution < -0.4 is 19.7 Å². The van der Waals surface area contributed by atoms with Crippen molar-refractivity contribution in [2.45, 2.75) is 19.8 Å². The molecule has 3 heterocycles. The Labute approximate surface area is 180 Å². The van der Waals surface area contributed by atoms with Gasteiger partial charge in [-0.3, -0.25) is 9.59 Å². The molecule has 1 saturated heterocycles. The van der Waals surface area contributed by atoms with Crippen molar-refractivity contribution in [2.75, 3.05) is 31.2 Å². The number of carbonyl (C=O) groups is 2. The van der Waals surface area contributed by atoms with Crippen molar-refractivity contribution in [2.24, 2.45) is 5.92 Å². The Morgan fingerprint density at radius 2 is 2.00 bits per heavy atom. The highest BCUT2D eigenvalue weighted by molar-refractivity contribution is 6.00. The van der Waals surface area contributed by atoms with Crippen LogP contribution in [0.15, 0.2) is 42.6 Å². The molecule has 1 unspecified atom stereocenters. The van der Waals surface area contributed by atoms with E-state index in [1.807, 2.05) is 24.4 Å². The van der Waals surface area contributed by atoms with E-state index in [2.05, 4.69) is 35.4 Å². The summed E-state index contributed by atoms with van der Waals surface area (Å²) in [6, 6.07) is 11.8. The molecule has 2 aliphatic rings. The summed E-state index contributed by atoms with van der Waals surface area (Å²) in [7, 11) is 0. The number of hydrogen-bond acceptors (Lipinski definition) is 4. The molecule has 0 spiro atoms. The number of aromatic amines is 1. The molecule has 1 aromatic heterocycles. The molecule has 7 heteroatoms. The van der Waals surface area contributed by atoms with Crippen molar-refractivity contribution < 1.29 is 19.1 Å². The zero-order valence-electron chi connectivity index (χ0n) is 17.4. The van der Waals surface area contributed by atoms with E-state index in [0.717, 1.165) is 17.6 Å². The van der Waals surface area contributed by atoms with Crippen molar-refractivity contribution in [3.05, 3.63) is 53.7 Å². The number of rotatable bonds is 5. The van der Waals surface area contributed by atoms with E-state index in [4.69, 9.17) is 9.47 Å². The molecule has 31 heavy (non-hydrogen) atoms. The smallest absolute Gasteiger partial charge is 0.227 e. The molecule has 0 saturated carbocycles. The molecule has 0 aliphatic carbocycles. The molecule has 0 radical (unpaired) electrons. The number of aryl methyl sites for hydroxylation is 1. The van der Waals surface area contributed by atoms with E-state index in [9.17, 15) is 9.59 Å². The van der Waals surface area contributed by atoms with Gasteiger partial charge in [-0.15, -0.1) is 0 Å². The summed E-state index contributed by atoms with van der Waals surface area (Å²) in [6.45, 7) is 3.99. The third-order valence-electron chi connectivity index (χ3n) is 5.95. The fraction of sp³-hybridized carbons (Fsp3) is 0.333. The quantitative estimate of drug-likeness (QED) is 0.666. The predicted octanol–water partition coefficient (Wildman–Crippen LogP) is 2.96. The molecule has 2 aliphatic heterocycles. The van der Waals surface area contributed by atoms with Gasteiger partial charge >= 0.3 is 0 Å². The van der Waals surface area contributed by atoms with Gasteiger partial charge in [-0.25, -0.2) is 0 Å². The van der Waals surface area contributed by atoms with Crippen molar-refractivity contribution >= 4 is 28.4 Å². The van der Waals surface area contributed by atoms with Gasteiger partial charge in [0.1, 0.15) is 13.2 Å². The fourth-order valence-corrected chi connectivity index (χ4v) is 4.30. The van der Waals surface area contributed by atoms with Crippen LogP contribution in [-0.4, -0.2) is 43.1 Å². The number of hydrogen-bond donors (Lipinski definition) is 2. The number of H-pyrrole nitrogens is 1. The van der Waals surface area contributed by atoms with Crippen molar-refractivity contribution in [1.82, 2.24) is 10.3 Å². The first-order chi connectivity index (χ1) is 15.1. The summed E-state index contributed by atoms with van der Waals surface area (Å²) >= 11 is 0. The second kappa shape index (κ2) is 7.98. The lowest BCUT2D eigenvalue weighted by Crippen LogP contribution is -2.34. The third-order valence-corrected chi connectivity index (χ3v) is 5.95. The molecule has 1 atom stereocenters. The molecular weight excluding hydrogens is 394 g/mol. The SMILES string of the molecule is Cc1ccc2c(CCNC(=O)C3CC(=O)N(c4ccc5c(c4)OCCO5)C3)c[nH]c2c1. The first-order valence-corrected chi connectivity index (χ1v) is 10.6. The van der Waals surface area contributed by atoms with Crippen LogP contribution in [0, 0.1) is 12.8 Å². The minimum absolute atomic E-state index is 0.0520. The van der Waals surface area contributed by atoms with E-state index in [1.165, 1.54) is 16.5 Å². The highest BCUT2D eigenvalue weighted by atomic mass is 16.6. The number of nitrogens with zero attached hydrogens (tertiary/aromatic N) is 1. The second-order valence-corrected chi connectivity index (χ2v) is 8.14. The number of ether oxygens (including phenoxy) is 2. The lowest BCUT2D eigenvalue weighted by atomic mass is 10.1. The van der Waals surface area contributed by atoms with E-state index in [1.54, 1.807) is 4.90 Å². The van der Waals surface area contributed by atoms with Crippen molar-refractivity contribution in [3.8, 4) is 11.5 Å². The topological polar surface area (TPSA) is 83.7 Å². The van der Waals surface area contributed by atoms with Gasteiger partial charge in [-0.2, -0.15) is 0 Å². The average molecular weight is 419 g/mol. The summed E-state index contributed by atoms with van der Waals surface area (Å²) in [5, 5.41) is 4.19. The van der Waals surface area contributed by atoms with E-state index < -0.39 is 0 Å². The second-order valence-electron chi connectivity index (χ2n) is 8.14. The minimum atomic E-state index is -0.355. The zero-order valence-corrected chi connectivity index (χ0v) is 17.4. The molecule has 2 aromatic carbocycles. The summed E-state index contributed by atoms with van der Waals surface area (Å²) in [4.78, 5) is 30.2. The first kappa shape index (κ1) is 19.5. The third kappa shape index (κ3) is 3.83. The molecule has 2 amide bonds. The van der Waals surface area contributed by atoms with Crippen molar-refractivity contribution in [1.29, 1.82) is 0 Å². The number of fused-ring (bicyclic) bond motifs is 2. The average Bonchev–Trinajstić information content (AvgIpc) is 3.36. The van der Waals surface area contributed by atoms with Crippen LogP contribution in [-0.2, 0) is 16.0 Å². The Hall–Kier alpha value is -3.48. The minimum Gasteiger partial charge on any atom is -0.486 e. The summed E-state index contributed by atoms with van der Waals surface area (Å²) in [6.07, 6.45) is 2.95. The maximum absolute atomic E-state index is 12.7. The number of aromatic nitrogens is 1. The number of carbonyl (C=O) groups excluding carboxylic acids is 2. The number of anilines is 1. The highest BCUT2D eigenvalue weighted by Gasteiger charge is 2.35. The molecule has 0 bridgehead atoms. The number of amides is 2. The van der Waals surface area contributed by atoms with Crippen LogP contribution in [0.1, 0.15) is 17.5 Å². The van der Waals surface area contributed by atoms with E-state index >= 15 is 0 Å². The Morgan fingerprint density at radius 1 is 1.16 bits per heavy atom. The summed E-state index contributed by atoms with van der Waals surface area (Å²) < 4.78 is 11.2. The zero-order chi connectivity index (χ0) is 21.4. The molecule has 3 aromatic rings. The Kier molecular flexibility index (Phi) is 5.02. The molecule has 1 fully saturated rings. The van der Waals surface area contributed by atoms with Crippen LogP contribution in [0.5, 0.6) is 11.5 Å². The first-order valence-electron chi connectivity index (χ1n) is 10.6. The molecule has 160 valence electrons. The van der Waals surface area contributed by atoms with Gasteiger partial charge in [0.05, 0.1) is 5.92 Å². The number of nitrogens with one attached hydrogen (secondary N) is 2. The van der Waals surface area contributed by atoms with Gasteiger partial charge in [-0.1, -0.05) is 12.1 Å². The van der Waals surface area contributed by atoms with E-state index in [0.29, 0.717) is 37.8 Å². The Morgan fingerprint density at radius 3 is 2.87 bits per heavy atom. The largest absolute Gasteiger partial charge is 0.486 e. The summed E-state index contributed by atoms with van der Waals surface area (Å²) in [5.41, 5.74) is 4.23. The van der Waals surface area contributed by atoms with E-state index in [-0.39, 0.29) is 24.2 Å². The molecular formula is C24H25N3O4. The Balaban J connectivity index is 1.19. The van der Waals surface area contributed by atoms with Crippen LogP contribution in [0.25, 0.3) is 10.9 Å². The lowest BCUT2D eigenvalue weighted by molar-refractivity contribution is -0.126. The van der Waals surface area contributed by atoms with Gasteiger partial charge in [0.2, 0.25) is 11.8 Å². The van der Waals surface area contributed by atoms with Gasteiger partial charge in [-0.05, 0) is 42.7 Å². The van der Waals surface area contributed by atoms with Gasteiger partial charge < -0.3 is 24.7 Å². The highest BCUT2D eigenvalue weighted by Crippen LogP contribution is 2.36. The number of benzene rings is 2. The maximum Gasteiger partial charge on any atom is 0.227 e. The fourth-order valence-electron chi connectivity index (χ4n) is 4.30. The van der Waals surface area contributed by atoms with Gasteiger partial charge in [0.15, 0.2) is 11.5 Å². The van der Waals surface area contributed by atoms with Crippen LogP contribution in [0.3, 0.4) is 0 Å². The van der Waals surface area contributed by atoms with Crippen LogP contribution >= 0.6 is 0 Å². The van der Waals surface area contributed by atoms with Gasteiger partial charge in [0, 0.05) is 48.4 Å². The standard InChI is InChI=1S/C24H25N3O4/c1-15-2-4-19-16(13-26-20(19)10-15)6-7-25-24(29)17-11-23(28)27(14-17)18-3-5-21-22(12-18)31-9-8-30-21/h2-5,10,12-13,17,26H,6-9,11,14H2,1H3,(H,25,29). The lowest BCUT2D eigenvalue weighted by Gasteiger charge is -2.22. The van der Waals surface area contributed by atoms with Crippen LogP contribution in [0.2, 0.25) is 0 Å². The maximum atomic E-state index is 12.7. The summed E-state index contributed by atoms with van der Waals surface area (Å²) in [5.74, 6) is 0.834. The monoisotopic (exact) mass is 419 g/mol. The van der Waals surface area contributed by atoms with Crippen molar-refractivity contribution in [3.63, 3.8) is 0 Å². The normalized spacial score (nSPS) is 17.9. The molecule has 2 N–H and O–H groups in total. The van der Waals surface area contributed by atoms with Gasteiger partial charge in [0.25, 0.3) is 0 Å². The predicted molar refractivity (Wildman–Crippen MR) is 118 cm³/mol. The Bertz CT molecular complexity index is 1150. The molecule has 7 nitrogen and oxygen atoms in total. The van der Waals surface area contributed by atoms with Crippen LogP contribution in [0.4, 0.5) is 5.69 Å².